The van der Waals surface area contributed by atoms with Crippen molar-refractivity contribution in [1.82, 2.24) is 4.90 Å². The first-order chi connectivity index (χ1) is 9.08. The summed E-state index contributed by atoms with van der Waals surface area (Å²) in [6.07, 6.45) is 2.34. The topological polar surface area (TPSA) is 20.3 Å². The molecule has 0 radical (unpaired) electrons. The van der Waals surface area contributed by atoms with E-state index in [1.54, 1.807) is 11.8 Å². The van der Waals surface area contributed by atoms with Gasteiger partial charge in [0.2, 0.25) is 5.91 Å². The SMILES string of the molecule is CC(C)N(C(=O)CSCc1ccc(Cl)cc1)C1CC1. The van der Waals surface area contributed by atoms with Gasteiger partial charge in [0.15, 0.2) is 0 Å². The lowest BCUT2D eigenvalue weighted by atomic mass is 10.2. The van der Waals surface area contributed by atoms with Crippen LogP contribution in [0.5, 0.6) is 0 Å². The highest BCUT2D eigenvalue weighted by molar-refractivity contribution is 7.99. The predicted octanol–water partition coefficient (Wildman–Crippen LogP) is 3.97. The third-order valence-electron chi connectivity index (χ3n) is 3.19. The number of nitrogens with zero attached hydrogens (tertiary/aromatic N) is 1. The molecule has 0 spiro atoms. The van der Waals surface area contributed by atoms with E-state index in [9.17, 15) is 4.79 Å². The molecule has 1 aliphatic carbocycles. The van der Waals surface area contributed by atoms with Gasteiger partial charge in [-0.3, -0.25) is 4.79 Å². The minimum atomic E-state index is 0.275. The van der Waals surface area contributed by atoms with Crippen LogP contribution in [0.3, 0.4) is 0 Å². The minimum Gasteiger partial charge on any atom is -0.337 e. The van der Waals surface area contributed by atoms with Gasteiger partial charge in [-0.05, 0) is 44.4 Å². The lowest BCUT2D eigenvalue weighted by molar-refractivity contribution is -0.130. The second-order valence-corrected chi connectivity index (χ2v) is 6.67. The fourth-order valence-corrected chi connectivity index (χ4v) is 3.16. The molecule has 0 unspecified atom stereocenters. The van der Waals surface area contributed by atoms with Gasteiger partial charge in [-0.15, -0.1) is 11.8 Å². The van der Waals surface area contributed by atoms with Gasteiger partial charge in [0.1, 0.15) is 0 Å². The summed E-state index contributed by atoms with van der Waals surface area (Å²) >= 11 is 7.52. The van der Waals surface area contributed by atoms with E-state index < -0.39 is 0 Å². The molecule has 104 valence electrons. The van der Waals surface area contributed by atoms with Crippen molar-refractivity contribution in [1.29, 1.82) is 0 Å². The number of hydrogen-bond donors (Lipinski definition) is 0. The van der Waals surface area contributed by atoms with Gasteiger partial charge in [0.05, 0.1) is 5.75 Å². The Labute approximate surface area is 124 Å². The van der Waals surface area contributed by atoms with Crippen molar-refractivity contribution in [3.63, 3.8) is 0 Å². The molecule has 2 nitrogen and oxygen atoms in total. The van der Waals surface area contributed by atoms with E-state index in [1.807, 2.05) is 24.3 Å². The van der Waals surface area contributed by atoms with Crippen LogP contribution in [-0.2, 0) is 10.5 Å². The molecule has 19 heavy (non-hydrogen) atoms. The van der Waals surface area contributed by atoms with Crippen LogP contribution in [0.4, 0.5) is 0 Å². The standard InChI is InChI=1S/C15H20ClNOS/c1-11(2)17(14-7-8-14)15(18)10-19-9-12-3-5-13(16)6-4-12/h3-6,11,14H,7-10H2,1-2H3. The van der Waals surface area contributed by atoms with E-state index in [2.05, 4.69) is 18.7 Å². The smallest absolute Gasteiger partial charge is 0.233 e. The molecule has 0 aromatic heterocycles. The van der Waals surface area contributed by atoms with Gasteiger partial charge < -0.3 is 4.90 Å². The maximum Gasteiger partial charge on any atom is 0.233 e. The molecule has 1 saturated carbocycles. The Bertz CT molecular complexity index is 426. The van der Waals surface area contributed by atoms with Gasteiger partial charge in [-0.25, -0.2) is 0 Å². The molecule has 2 rings (SSSR count). The van der Waals surface area contributed by atoms with Crippen LogP contribution < -0.4 is 0 Å². The van der Waals surface area contributed by atoms with Crippen molar-refractivity contribution in [2.75, 3.05) is 5.75 Å². The summed E-state index contributed by atoms with van der Waals surface area (Å²) < 4.78 is 0. The zero-order valence-corrected chi connectivity index (χ0v) is 13.0. The van der Waals surface area contributed by atoms with Gasteiger partial charge in [0.25, 0.3) is 0 Å². The van der Waals surface area contributed by atoms with E-state index in [4.69, 9.17) is 11.6 Å². The molecule has 0 bridgehead atoms. The molecule has 1 fully saturated rings. The molecule has 0 N–H and O–H groups in total. The molecule has 1 aliphatic rings. The second kappa shape index (κ2) is 6.67. The second-order valence-electron chi connectivity index (χ2n) is 5.25. The summed E-state index contributed by atoms with van der Waals surface area (Å²) in [5.41, 5.74) is 1.21. The van der Waals surface area contributed by atoms with Gasteiger partial charge >= 0.3 is 0 Å². The first-order valence-corrected chi connectivity index (χ1v) is 8.24. The third-order valence-corrected chi connectivity index (χ3v) is 4.43. The highest BCUT2D eigenvalue weighted by atomic mass is 35.5. The van der Waals surface area contributed by atoms with Gasteiger partial charge in [-0.1, -0.05) is 23.7 Å². The van der Waals surface area contributed by atoms with Crippen LogP contribution >= 0.6 is 23.4 Å². The number of benzene rings is 1. The molecule has 0 heterocycles. The Morgan fingerprint density at radius 2 is 2.00 bits per heavy atom. The quantitative estimate of drug-likeness (QED) is 0.792. The zero-order chi connectivity index (χ0) is 13.8. The summed E-state index contributed by atoms with van der Waals surface area (Å²) in [6, 6.07) is 8.63. The van der Waals surface area contributed by atoms with Crippen LogP contribution in [-0.4, -0.2) is 28.6 Å². The number of carbonyl (C=O) groups is 1. The first kappa shape index (κ1) is 14.7. The van der Waals surface area contributed by atoms with Crippen molar-refractivity contribution in [3.05, 3.63) is 34.9 Å². The van der Waals surface area contributed by atoms with E-state index in [1.165, 1.54) is 18.4 Å². The monoisotopic (exact) mass is 297 g/mol. The maximum absolute atomic E-state index is 12.2. The third kappa shape index (κ3) is 4.43. The summed E-state index contributed by atoms with van der Waals surface area (Å²) in [6.45, 7) is 4.19. The van der Waals surface area contributed by atoms with Crippen LogP contribution in [0.1, 0.15) is 32.3 Å². The Hall–Kier alpha value is -0.670. The number of amides is 1. The highest BCUT2D eigenvalue weighted by Crippen LogP contribution is 2.29. The van der Waals surface area contributed by atoms with Crippen molar-refractivity contribution < 1.29 is 4.79 Å². The van der Waals surface area contributed by atoms with E-state index in [0.717, 1.165) is 10.8 Å². The summed E-state index contributed by atoms with van der Waals surface area (Å²) in [5, 5.41) is 0.754. The van der Waals surface area contributed by atoms with Crippen LogP contribution in [0.15, 0.2) is 24.3 Å². The first-order valence-electron chi connectivity index (χ1n) is 6.71. The Kier molecular flexibility index (Phi) is 5.17. The fraction of sp³-hybridized carbons (Fsp3) is 0.533. The summed E-state index contributed by atoms with van der Waals surface area (Å²) in [7, 11) is 0. The molecule has 1 aromatic carbocycles. The highest BCUT2D eigenvalue weighted by Gasteiger charge is 2.33. The molecular formula is C15H20ClNOS. The number of rotatable bonds is 6. The predicted molar refractivity (Wildman–Crippen MR) is 82.6 cm³/mol. The normalized spacial score (nSPS) is 14.7. The van der Waals surface area contributed by atoms with E-state index >= 15 is 0 Å². The molecule has 1 aromatic rings. The van der Waals surface area contributed by atoms with Gasteiger partial charge in [-0.2, -0.15) is 0 Å². The molecule has 1 amide bonds. The largest absolute Gasteiger partial charge is 0.337 e. The summed E-state index contributed by atoms with van der Waals surface area (Å²) in [5.74, 6) is 1.70. The van der Waals surface area contributed by atoms with Crippen LogP contribution in [0.25, 0.3) is 0 Å². The molecule has 4 heteroatoms. The lowest BCUT2D eigenvalue weighted by Gasteiger charge is -2.26. The Balaban J connectivity index is 1.78. The van der Waals surface area contributed by atoms with Crippen molar-refractivity contribution in [3.8, 4) is 0 Å². The van der Waals surface area contributed by atoms with Crippen molar-refractivity contribution in [2.45, 2.75) is 44.5 Å². The van der Waals surface area contributed by atoms with E-state index in [0.29, 0.717) is 17.8 Å². The van der Waals surface area contributed by atoms with Crippen molar-refractivity contribution in [2.24, 2.45) is 0 Å². The van der Waals surface area contributed by atoms with Gasteiger partial charge in [0, 0.05) is 22.9 Å². The summed E-state index contributed by atoms with van der Waals surface area (Å²) in [4.78, 5) is 14.2. The number of hydrogen-bond acceptors (Lipinski definition) is 2. The Morgan fingerprint density at radius 1 is 1.37 bits per heavy atom. The van der Waals surface area contributed by atoms with Crippen molar-refractivity contribution >= 4 is 29.3 Å². The molecular weight excluding hydrogens is 278 g/mol. The molecule has 0 aliphatic heterocycles. The van der Waals surface area contributed by atoms with Crippen LogP contribution in [0, 0.1) is 0 Å². The number of thioether (sulfide) groups is 1. The Morgan fingerprint density at radius 3 is 2.53 bits per heavy atom. The zero-order valence-electron chi connectivity index (χ0n) is 11.4. The average molecular weight is 298 g/mol. The lowest BCUT2D eigenvalue weighted by Crippen LogP contribution is -2.39. The van der Waals surface area contributed by atoms with E-state index in [-0.39, 0.29) is 5.91 Å². The number of halogens is 1. The fourth-order valence-electron chi connectivity index (χ4n) is 2.18. The maximum atomic E-state index is 12.2. The van der Waals surface area contributed by atoms with Crippen LogP contribution in [0.2, 0.25) is 5.02 Å². The molecule has 0 atom stereocenters. The molecule has 0 saturated heterocycles. The number of carbonyl (C=O) groups excluding carboxylic acids is 1. The average Bonchev–Trinajstić information content (AvgIpc) is 3.16. The minimum absolute atomic E-state index is 0.275.